The number of hydrogen-bond acceptors (Lipinski definition) is 10. The Morgan fingerprint density at radius 1 is 1.00 bits per heavy atom. The molecule has 0 saturated carbocycles. The lowest BCUT2D eigenvalue weighted by Crippen LogP contribution is -2.37. The van der Waals surface area contributed by atoms with Gasteiger partial charge in [-0.1, -0.05) is 0 Å². The van der Waals surface area contributed by atoms with E-state index >= 15 is 0 Å². The molecule has 11 nitrogen and oxygen atoms in total. The number of hydrogen-bond donors (Lipinski definition) is 1. The first-order valence-electron chi connectivity index (χ1n) is 12.7. The first-order chi connectivity index (χ1) is 20.1. The molecule has 0 radical (unpaired) electrons. The minimum absolute atomic E-state index is 0.0796. The molecule has 14 heteroatoms. The van der Waals surface area contributed by atoms with Crippen molar-refractivity contribution in [3.05, 3.63) is 66.3 Å². The number of aryl methyl sites for hydroxylation is 1. The molecule has 3 heterocycles. The van der Waals surface area contributed by atoms with E-state index in [0.717, 1.165) is 0 Å². The zero-order valence-corrected chi connectivity index (χ0v) is 22.3. The topological polar surface area (TPSA) is 129 Å². The van der Waals surface area contributed by atoms with Crippen molar-refractivity contribution >= 4 is 11.9 Å². The molecule has 0 atom stereocenters. The standard InChI is InChI=1S/C28H25F3N4O7/c1-17-12-21(6-7-22(17)40-16-24(36)37)39-15-23-34-25(19-13-32-27(33-14-19)35-8-10-38-11-9-35)26(41-23)18-2-4-20(5-3-18)42-28(29,30)31/h2-7,12-14H,8-11,15-16H2,1H3,(H,36,37). The minimum atomic E-state index is -4.82. The number of morpholine rings is 1. The summed E-state index contributed by atoms with van der Waals surface area (Å²) in [5, 5.41) is 8.82. The van der Waals surface area contributed by atoms with Crippen LogP contribution in [0.3, 0.4) is 0 Å². The van der Waals surface area contributed by atoms with Crippen LogP contribution in [0.2, 0.25) is 0 Å². The summed E-state index contributed by atoms with van der Waals surface area (Å²) in [6.45, 7) is 3.68. The minimum Gasteiger partial charge on any atom is -0.484 e. The lowest BCUT2D eigenvalue weighted by atomic mass is 10.1. The number of nitrogens with zero attached hydrogens (tertiary/aromatic N) is 4. The monoisotopic (exact) mass is 586 g/mol. The van der Waals surface area contributed by atoms with Crippen LogP contribution in [-0.2, 0) is 16.1 Å². The van der Waals surface area contributed by atoms with Gasteiger partial charge in [0.1, 0.15) is 22.9 Å². The van der Waals surface area contributed by atoms with Crippen LogP contribution in [0, 0.1) is 6.92 Å². The van der Waals surface area contributed by atoms with Gasteiger partial charge in [-0.3, -0.25) is 0 Å². The van der Waals surface area contributed by atoms with Gasteiger partial charge in [-0.05, 0) is 55.0 Å². The molecule has 1 N–H and O–H groups in total. The Kier molecular flexibility index (Phi) is 8.43. The predicted octanol–water partition coefficient (Wildman–Crippen LogP) is 4.88. The Morgan fingerprint density at radius 3 is 2.33 bits per heavy atom. The molecular formula is C28H25F3N4O7. The van der Waals surface area contributed by atoms with Crippen LogP contribution in [0.4, 0.5) is 19.1 Å². The van der Waals surface area contributed by atoms with Crippen molar-refractivity contribution in [3.8, 4) is 39.8 Å². The number of ether oxygens (including phenoxy) is 4. The molecule has 1 aliphatic heterocycles. The first-order valence-corrected chi connectivity index (χ1v) is 12.7. The normalized spacial score (nSPS) is 13.6. The highest BCUT2D eigenvalue weighted by Gasteiger charge is 2.31. The fraction of sp³-hybridized carbons (Fsp3) is 0.286. The number of alkyl halides is 3. The third-order valence-corrected chi connectivity index (χ3v) is 6.09. The van der Waals surface area contributed by atoms with Crippen LogP contribution in [0.1, 0.15) is 11.5 Å². The Balaban J connectivity index is 1.39. The SMILES string of the molecule is Cc1cc(OCc2nc(-c3cnc(N4CCOCC4)nc3)c(-c3ccc(OC(F)(F)F)cc3)o2)ccc1OCC(=O)O. The fourth-order valence-corrected chi connectivity index (χ4v) is 4.15. The lowest BCUT2D eigenvalue weighted by Gasteiger charge is -2.26. The molecule has 2 aromatic heterocycles. The Morgan fingerprint density at radius 2 is 1.69 bits per heavy atom. The summed E-state index contributed by atoms with van der Waals surface area (Å²) in [4.78, 5) is 26.3. The third-order valence-electron chi connectivity index (χ3n) is 6.09. The Bertz CT molecular complexity index is 1520. The van der Waals surface area contributed by atoms with Gasteiger partial charge in [0.25, 0.3) is 0 Å². The van der Waals surface area contributed by atoms with E-state index in [1.165, 1.54) is 24.3 Å². The summed E-state index contributed by atoms with van der Waals surface area (Å²) < 4.78 is 64.4. The van der Waals surface area contributed by atoms with Gasteiger partial charge in [-0.15, -0.1) is 13.2 Å². The van der Waals surface area contributed by atoms with Crippen molar-refractivity contribution < 1.29 is 46.4 Å². The molecule has 5 rings (SSSR count). The molecule has 4 aromatic rings. The van der Waals surface area contributed by atoms with Crippen LogP contribution in [0.5, 0.6) is 17.2 Å². The second kappa shape index (κ2) is 12.3. The summed E-state index contributed by atoms with van der Waals surface area (Å²) in [6, 6.07) is 10.1. The first kappa shape index (κ1) is 28.7. The van der Waals surface area contributed by atoms with Gasteiger partial charge in [-0.2, -0.15) is 0 Å². The van der Waals surface area contributed by atoms with Gasteiger partial charge in [0.05, 0.1) is 13.2 Å². The van der Waals surface area contributed by atoms with Crippen LogP contribution in [0.15, 0.2) is 59.3 Å². The Hall–Kier alpha value is -4.85. The van der Waals surface area contributed by atoms with E-state index in [4.69, 9.17) is 23.7 Å². The summed E-state index contributed by atoms with van der Waals surface area (Å²) in [5.74, 6) is 0.414. The molecule has 0 unspecified atom stereocenters. The maximum absolute atomic E-state index is 12.6. The van der Waals surface area contributed by atoms with Crippen molar-refractivity contribution in [1.29, 1.82) is 0 Å². The lowest BCUT2D eigenvalue weighted by molar-refractivity contribution is -0.274. The number of benzene rings is 2. The molecule has 0 bridgehead atoms. The number of oxazole rings is 1. The van der Waals surface area contributed by atoms with Gasteiger partial charge < -0.3 is 33.4 Å². The van der Waals surface area contributed by atoms with E-state index in [1.54, 1.807) is 37.5 Å². The molecule has 220 valence electrons. The average molecular weight is 587 g/mol. The average Bonchev–Trinajstić information content (AvgIpc) is 3.40. The van der Waals surface area contributed by atoms with Crippen molar-refractivity contribution in [3.63, 3.8) is 0 Å². The smallest absolute Gasteiger partial charge is 0.484 e. The second-order valence-electron chi connectivity index (χ2n) is 9.13. The number of aliphatic carboxylic acids is 1. The third kappa shape index (κ3) is 7.26. The summed E-state index contributed by atoms with van der Waals surface area (Å²) in [5.41, 5.74) is 2.02. The van der Waals surface area contributed by atoms with Gasteiger partial charge >= 0.3 is 12.3 Å². The van der Waals surface area contributed by atoms with E-state index in [1.807, 2.05) is 4.90 Å². The molecular weight excluding hydrogens is 561 g/mol. The molecule has 0 spiro atoms. The quantitative estimate of drug-likeness (QED) is 0.273. The molecule has 1 aliphatic rings. The second-order valence-corrected chi connectivity index (χ2v) is 9.13. The maximum atomic E-state index is 12.6. The van der Waals surface area contributed by atoms with Crippen molar-refractivity contribution in [2.45, 2.75) is 19.9 Å². The zero-order chi connectivity index (χ0) is 29.7. The number of halogens is 3. The van der Waals surface area contributed by atoms with Gasteiger partial charge in [0.2, 0.25) is 11.8 Å². The zero-order valence-electron chi connectivity index (χ0n) is 22.3. The Labute approximate surface area is 237 Å². The van der Waals surface area contributed by atoms with Crippen LogP contribution in [0.25, 0.3) is 22.6 Å². The van der Waals surface area contributed by atoms with Crippen molar-refractivity contribution in [2.24, 2.45) is 0 Å². The fourth-order valence-electron chi connectivity index (χ4n) is 4.15. The van der Waals surface area contributed by atoms with Gasteiger partial charge in [-0.25, -0.2) is 19.7 Å². The molecule has 0 aliphatic carbocycles. The van der Waals surface area contributed by atoms with E-state index in [0.29, 0.717) is 66.1 Å². The molecule has 0 amide bonds. The van der Waals surface area contributed by atoms with Gasteiger partial charge in [0, 0.05) is 36.6 Å². The molecule has 1 saturated heterocycles. The maximum Gasteiger partial charge on any atom is 0.573 e. The highest BCUT2D eigenvalue weighted by atomic mass is 19.4. The molecule has 2 aromatic carbocycles. The largest absolute Gasteiger partial charge is 0.573 e. The number of carboxylic acids is 1. The number of carboxylic acid groups (broad SMARTS) is 1. The number of rotatable bonds is 10. The van der Waals surface area contributed by atoms with Crippen molar-refractivity contribution in [2.75, 3.05) is 37.8 Å². The van der Waals surface area contributed by atoms with E-state index in [-0.39, 0.29) is 24.0 Å². The number of anilines is 1. The van der Waals surface area contributed by atoms with E-state index in [9.17, 15) is 18.0 Å². The van der Waals surface area contributed by atoms with Crippen LogP contribution < -0.4 is 19.1 Å². The molecule has 1 fully saturated rings. The highest BCUT2D eigenvalue weighted by Crippen LogP contribution is 2.35. The number of aromatic nitrogens is 3. The van der Waals surface area contributed by atoms with E-state index < -0.39 is 18.9 Å². The number of carbonyl (C=O) groups is 1. The van der Waals surface area contributed by atoms with Gasteiger partial charge in [0.15, 0.2) is 19.0 Å². The summed E-state index contributed by atoms with van der Waals surface area (Å²) in [6.07, 6.45) is -1.61. The predicted molar refractivity (Wildman–Crippen MR) is 141 cm³/mol. The summed E-state index contributed by atoms with van der Waals surface area (Å²) in [7, 11) is 0. The molecule has 42 heavy (non-hydrogen) atoms. The highest BCUT2D eigenvalue weighted by molar-refractivity contribution is 5.76. The van der Waals surface area contributed by atoms with Crippen molar-refractivity contribution in [1.82, 2.24) is 15.0 Å². The van der Waals surface area contributed by atoms with Crippen LogP contribution >= 0.6 is 0 Å². The van der Waals surface area contributed by atoms with E-state index in [2.05, 4.69) is 19.7 Å². The van der Waals surface area contributed by atoms with Crippen LogP contribution in [-0.4, -0.2) is 65.3 Å². The summed E-state index contributed by atoms with van der Waals surface area (Å²) >= 11 is 0.